The first-order valence-electron chi connectivity index (χ1n) is 9.69. The highest BCUT2D eigenvalue weighted by Gasteiger charge is 2.42. The van der Waals surface area contributed by atoms with Crippen molar-refractivity contribution in [3.05, 3.63) is 29.8 Å². The quantitative estimate of drug-likeness (QED) is 0.879. The van der Waals surface area contributed by atoms with E-state index < -0.39 is 5.72 Å². The van der Waals surface area contributed by atoms with E-state index in [2.05, 4.69) is 17.1 Å². The van der Waals surface area contributed by atoms with Crippen LogP contribution >= 0.6 is 0 Å². The number of nitrogens with one attached hydrogen (secondary N) is 1. The number of carbonyl (C=O) groups is 2. The first-order valence-corrected chi connectivity index (χ1v) is 9.69. The molecule has 1 atom stereocenters. The Morgan fingerprint density at radius 3 is 2.77 bits per heavy atom. The number of benzene rings is 1. The first kappa shape index (κ1) is 17.3. The smallest absolute Gasteiger partial charge is 0.258 e. The second-order valence-corrected chi connectivity index (χ2v) is 7.75. The van der Waals surface area contributed by atoms with Gasteiger partial charge in [-0.15, -0.1) is 0 Å². The second kappa shape index (κ2) is 6.91. The number of nitrogens with zero attached hydrogens (tertiary/aromatic N) is 2. The molecule has 0 aliphatic carbocycles. The summed E-state index contributed by atoms with van der Waals surface area (Å²) in [7, 11) is 0. The summed E-state index contributed by atoms with van der Waals surface area (Å²) in [6.07, 6.45) is 4.81. The van der Waals surface area contributed by atoms with Crippen LogP contribution < -0.4 is 10.1 Å². The molecule has 2 amide bonds. The van der Waals surface area contributed by atoms with Gasteiger partial charge < -0.3 is 15.0 Å². The molecule has 1 aromatic rings. The van der Waals surface area contributed by atoms with Gasteiger partial charge in [-0.1, -0.05) is 12.1 Å². The highest BCUT2D eigenvalue weighted by atomic mass is 16.5. The summed E-state index contributed by atoms with van der Waals surface area (Å²) in [5.41, 5.74) is -0.0431. The van der Waals surface area contributed by atoms with Gasteiger partial charge in [0.2, 0.25) is 5.91 Å². The Labute approximate surface area is 154 Å². The van der Waals surface area contributed by atoms with E-state index in [1.165, 1.54) is 6.42 Å². The molecule has 3 aliphatic rings. The van der Waals surface area contributed by atoms with Gasteiger partial charge in [-0.3, -0.25) is 14.5 Å². The molecule has 26 heavy (non-hydrogen) atoms. The van der Waals surface area contributed by atoms with E-state index in [0.717, 1.165) is 32.5 Å². The fourth-order valence-corrected chi connectivity index (χ4v) is 4.30. The average Bonchev–Trinajstić information content (AvgIpc) is 2.64. The van der Waals surface area contributed by atoms with Crippen LogP contribution in [-0.2, 0) is 4.79 Å². The van der Waals surface area contributed by atoms with E-state index in [1.807, 2.05) is 23.1 Å². The Hall–Kier alpha value is -2.08. The Bertz CT molecular complexity index is 697. The molecule has 0 aromatic heterocycles. The molecule has 3 heterocycles. The topological polar surface area (TPSA) is 61.9 Å². The summed E-state index contributed by atoms with van der Waals surface area (Å²) in [6, 6.07) is 7.72. The summed E-state index contributed by atoms with van der Waals surface area (Å²) >= 11 is 0. The number of amides is 2. The van der Waals surface area contributed by atoms with Crippen molar-refractivity contribution >= 4 is 11.8 Å². The monoisotopic (exact) mass is 357 g/mol. The first-order chi connectivity index (χ1) is 12.6. The highest BCUT2D eigenvalue weighted by molar-refractivity contribution is 5.98. The van der Waals surface area contributed by atoms with Gasteiger partial charge in [0.15, 0.2) is 5.72 Å². The number of para-hydroxylation sites is 1. The number of carbonyl (C=O) groups excluding carboxylic acids is 2. The molecule has 0 unspecified atom stereocenters. The van der Waals surface area contributed by atoms with Gasteiger partial charge in [-0.05, 0) is 38.3 Å². The zero-order valence-corrected chi connectivity index (χ0v) is 15.4. The molecule has 2 fully saturated rings. The Kier molecular flexibility index (Phi) is 4.61. The maximum absolute atomic E-state index is 12.6. The van der Waals surface area contributed by atoms with Crippen molar-refractivity contribution in [1.29, 1.82) is 0 Å². The van der Waals surface area contributed by atoms with Crippen LogP contribution in [0.15, 0.2) is 24.3 Å². The van der Waals surface area contributed by atoms with Crippen LogP contribution in [0.25, 0.3) is 0 Å². The molecule has 2 saturated heterocycles. The molecule has 3 aliphatic heterocycles. The molecular weight excluding hydrogens is 330 g/mol. The lowest BCUT2D eigenvalue weighted by atomic mass is 9.96. The molecule has 6 nitrogen and oxygen atoms in total. The molecule has 4 rings (SSSR count). The van der Waals surface area contributed by atoms with Gasteiger partial charge in [0.25, 0.3) is 5.91 Å². The number of piperidine rings is 2. The van der Waals surface area contributed by atoms with Crippen LogP contribution in [0, 0.1) is 0 Å². The van der Waals surface area contributed by atoms with Gasteiger partial charge in [0, 0.05) is 38.5 Å². The second-order valence-electron chi connectivity index (χ2n) is 7.75. The van der Waals surface area contributed by atoms with E-state index in [9.17, 15) is 9.59 Å². The van der Waals surface area contributed by atoms with E-state index >= 15 is 0 Å². The number of hydrogen-bond donors (Lipinski definition) is 1. The van der Waals surface area contributed by atoms with Crippen molar-refractivity contribution in [3.8, 4) is 5.75 Å². The number of likely N-dealkylation sites (tertiary alicyclic amines) is 2. The summed E-state index contributed by atoms with van der Waals surface area (Å²) < 4.78 is 6.16. The lowest BCUT2D eigenvalue weighted by Gasteiger charge is -2.44. The van der Waals surface area contributed by atoms with Crippen molar-refractivity contribution < 1.29 is 14.3 Å². The van der Waals surface area contributed by atoms with E-state index in [1.54, 1.807) is 6.07 Å². The summed E-state index contributed by atoms with van der Waals surface area (Å²) in [5.74, 6) is 0.813. The lowest BCUT2D eigenvalue weighted by Crippen LogP contribution is -2.61. The zero-order chi connectivity index (χ0) is 18.1. The number of hydrogen-bond acceptors (Lipinski definition) is 4. The van der Waals surface area contributed by atoms with Gasteiger partial charge in [-0.2, -0.15) is 0 Å². The maximum atomic E-state index is 12.6. The van der Waals surface area contributed by atoms with Gasteiger partial charge in [0.1, 0.15) is 5.75 Å². The van der Waals surface area contributed by atoms with Crippen LogP contribution in [0.5, 0.6) is 5.75 Å². The normalized spacial score (nSPS) is 25.3. The van der Waals surface area contributed by atoms with Crippen molar-refractivity contribution in [1.82, 2.24) is 15.1 Å². The van der Waals surface area contributed by atoms with E-state index in [0.29, 0.717) is 36.7 Å². The molecule has 0 radical (unpaired) electrons. The minimum Gasteiger partial charge on any atom is -0.467 e. The zero-order valence-electron chi connectivity index (χ0n) is 15.4. The highest BCUT2D eigenvalue weighted by Crippen LogP contribution is 2.33. The molecule has 1 N–H and O–H groups in total. The van der Waals surface area contributed by atoms with Crippen LogP contribution in [0.2, 0.25) is 0 Å². The van der Waals surface area contributed by atoms with Crippen molar-refractivity contribution in [2.24, 2.45) is 0 Å². The number of ether oxygens (including phenoxy) is 1. The molecule has 0 bridgehead atoms. The predicted octanol–water partition coefficient (Wildman–Crippen LogP) is 2.00. The largest absolute Gasteiger partial charge is 0.467 e. The number of rotatable bonds is 2. The number of fused-ring (bicyclic) bond motifs is 1. The van der Waals surface area contributed by atoms with Crippen LogP contribution in [-0.4, -0.2) is 59.6 Å². The minimum atomic E-state index is -0.636. The average molecular weight is 357 g/mol. The van der Waals surface area contributed by atoms with Crippen LogP contribution in [0.1, 0.15) is 49.4 Å². The van der Waals surface area contributed by atoms with Crippen LogP contribution in [0.4, 0.5) is 0 Å². The molecule has 1 spiro atoms. The van der Waals surface area contributed by atoms with E-state index in [-0.39, 0.29) is 11.8 Å². The summed E-state index contributed by atoms with van der Waals surface area (Å²) in [4.78, 5) is 29.3. The van der Waals surface area contributed by atoms with E-state index in [4.69, 9.17) is 4.74 Å². The molecule has 0 saturated carbocycles. The van der Waals surface area contributed by atoms with Gasteiger partial charge in [-0.25, -0.2) is 0 Å². The fraction of sp³-hybridized carbons (Fsp3) is 0.600. The van der Waals surface area contributed by atoms with Crippen LogP contribution in [0.3, 0.4) is 0 Å². The standard InChI is InChI=1S/C20H27N3O3/c1-15-6-4-5-11-23(15)18(24)14-22-12-9-20(10-13-22)21-19(25)16-7-2-3-8-17(16)26-20/h2-3,7-8,15H,4-6,9-14H2,1H3,(H,21,25)/t15-/m0/s1. The summed E-state index contributed by atoms with van der Waals surface area (Å²) in [6.45, 7) is 4.98. The Balaban J connectivity index is 1.36. The Morgan fingerprint density at radius 1 is 1.23 bits per heavy atom. The third-order valence-corrected chi connectivity index (χ3v) is 5.92. The summed E-state index contributed by atoms with van der Waals surface area (Å²) in [5, 5.41) is 3.05. The van der Waals surface area contributed by atoms with Gasteiger partial charge in [0.05, 0.1) is 12.1 Å². The lowest BCUT2D eigenvalue weighted by molar-refractivity contribution is -0.136. The molecule has 6 heteroatoms. The van der Waals surface area contributed by atoms with Crippen molar-refractivity contribution in [3.63, 3.8) is 0 Å². The predicted molar refractivity (Wildman–Crippen MR) is 98.0 cm³/mol. The Morgan fingerprint density at radius 2 is 2.00 bits per heavy atom. The SMILES string of the molecule is C[C@H]1CCCCN1C(=O)CN1CCC2(CC1)NC(=O)c1ccccc1O2. The maximum Gasteiger partial charge on any atom is 0.258 e. The molecule has 140 valence electrons. The van der Waals surface area contributed by atoms with Crippen molar-refractivity contribution in [2.75, 3.05) is 26.2 Å². The van der Waals surface area contributed by atoms with Gasteiger partial charge >= 0.3 is 0 Å². The fourth-order valence-electron chi connectivity index (χ4n) is 4.30. The third-order valence-electron chi connectivity index (χ3n) is 5.92. The molecular formula is C20H27N3O3. The van der Waals surface area contributed by atoms with Crippen molar-refractivity contribution in [2.45, 2.75) is 50.8 Å². The minimum absolute atomic E-state index is 0.0708. The third kappa shape index (κ3) is 3.30. The molecule has 1 aromatic carbocycles.